The van der Waals surface area contributed by atoms with E-state index in [1.807, 2.05) is 0 Å². The van der Waals surface area contributed by atoms with E-state index < -0.39 is 10.0 Å². The Kier molecular flexibility index (Phi) is 5.66. The van der Waals surface area contributed by atoms with Crippen LogP contribution < -0.4 is 5.73 Å². The van der Waals surface area contributed by atoms with Gasteiger partial charge in [0.25, 0.3) is 0 Å². The van der Waals surface area contributed by atoms with Crippen molar-refractivity contribution >= 4 is 22.4 Å². The van der Waals surface area contributed by atoms with Gasteiger partial charge in [0, 0.05) is 19.1 Å². The zero-order valence-corrected chi connectivity index (χ0v) is 9.69. The van der Waals surface area contributed by atoms with Gasteiger partial charge in [-0.3, -0.25) is 0 Å². The smallest absolute Gasteiger partial charge is 0.214 e. The maximum atomic E-state index is 11.6. The highest BCUT2D eigenvalue weighted by Gasteiger charge is 2.28. The third-order valence-corrected chi connectivity index (χ3v) is 4.03. The lowest BCUT2D eigenvalue weighted by molar-refractivity contribution is 0.472. The molecular formula is C8H17ClN2O2S. The minimum Gasteiger partial charge on any atom is -0.326 e. The number of hydrogen-bond donors (Lipinski definition) is 1. The van der Waals surface area contributed by atoms with E-state index in [1.165, 1.54) is 4.31 Å². The van der Waals surface area contributed by atoms with Gasteiger partial charge in [-0.2, -0.15) is 0 Å². The SMILES string of the molecule is C=CCCS(=O)(=O)N1CC[C@H](N)C1.Cl. The molecule has 1 saturated heterocycles. The number of allylic oxidation sites excluding steroid dienone is 1. The van der Waals surface area contributed by atoms with Crippen molar-refractivity contribution < 1.29 is 8.42 Å². The molecule has 6 heteroatoms. The van der Waals surface area contributed by atoms with Gasteiger partial charge in [0.2, 0.25) is 10.0 Å². The molecule has 1 aliphatic heterocycles. The molecule has 0 saturated carbocycles. The predicted molar refractivity (Wildman–Crippen MR) is 60.0 cm³/mol. The zero-order valence-electron chi connectivity index (χ0n) is 8.05. The minimum absolute atomic E-state index is 0. The van der Waals surface area contributed by atoms with Crippen molar-refractivity contribution in [3.05, 3.63) is 12.7 Å². The number of nitrogens with two attached hydrogens (primary N) is 1. The summed E-state index contributed by atoms with van der Waals surface area (Å²) in [7, 11) is -3.07. The van der Waals surface area contributed by atoms with E-state index in [0.717, 1.165) is 6.42 Å². The molecule has 0 radical (unpaired) electrons. The second-order valence-electron chi connectivity index (χ2n) is 3.30. The van der Waals surface area contributed by atoms with Crippen molar-refractivity contribution in [3.63, 3.8) is 0 Å². The Labute approximate surface area is 91.6 Å². The third-order valence-electron chi connectivity index (χ3n) is 2.16. The van der Waals surface area contributed by atoms with Crippen LogP contribution in [-0.4, -0.2) is 37.6 Å². The molecule has 1 heterocycles. The first kappa shape index (κ1) is 13.9. The van der Waals surface area contributed by atoms with E-state index in [9.17, 15) is 8.42 Å². The van der Waals surface area contributed by atoms with Crippen molar-refractivity contribution in [2.45, 2.75) is 18.9 Å². The maximum Gasteiger partial charge on any atom is 0.214 e. The molecule has 1 aliphatic rings. The lowest BCUT2D eigenvalue weighted by atomic mass is 10.3. The second kappa shape index (κ2) is 5.70. The topological polar surface area (TPSA) is 63.4 Å². The summed E-state index contributed by atoms with van der Waals surface area (Å²) in [5, 5.41) is 0. The fourth-order valence-corrected chi connectivity index (χ4v) is 2.89. The van der Waals surface area contributed by atoms with Gasteiger partial charge < -0.3 is 5.73 Å². The van der Waals surface area contributed by atoms with E-state index >= 15 is 0 Å². The number of halogens is 1. The van der Waals surface area contributed by atoms with Crippen LogP contribution in [0.15, 0.2) is 12.7 Å². The largest absolute Gasteiger partial charge is 0.326 e. The Morgan fingerprint density at radius 1 is 1.57 bits per heavy atom. The Hall–Kier alpha value is -0.100. The van der Waals surface area contributed by atoms with Gasteiger partial charge in [0.05, 0.1) is 5.75 Å². The van der Waals surface area contributed by atoms with Crippen LogP contribution in [0.4, 0.5) is 0 Å². The first-order valence-corrected chi connectivity index (χ1v) is 6.01. The highest BCUT2D eigenvalue weighted by molar-refractivity contribution is 7.89. The van der Waals surface area contributed by atoms with E-state index in [4.69, 9.17) is 5.73 Å². The molecule has 0 aromatic rings. The molecule has 0 aliphatic carbocycles. The van der Waals surface area contributed by atoms with Crippen LogP contribution in [0.5, 0.6) is 0 Å². The van der Waals surface area contributed by atoms with Crippen LogP contribution in [0, 0.1) is 0 Å². The van der Waals surface area contributed by atoms with Crippen molar-refractivity contribution in [2.24, 2.45) is 5.73 Å². The van der Waals surface area contributed by atoms with E-state index in [1.54, 1.807) is 6.08 Å². The summed E-state index contributed by atoms with van der Waals surface area (Å²) in [5.74, 6) is 0.156. The van der Waals surface area contributed by atoms with Crippen molar-refractivity contribution in [3.8, 4) is 0 Å². The molecule has 0 aromatic heterocycles. The lowest BCUT2D eigenvalue weighted by Gasteiger charge is -2.14. The summed E-state index contributed by atoms with van der Waals surface area (Å²) in [6.07, 6.45) is 2.90. The first-order valence-electron chi connectivity index (χ1n) is 4.40. The van der Waals surface area contributed by atoms with Gasteiger partial charge in [-0.15, -0.1) is 19.0 Å². The van der Waals surface area contributed by atoms with Crippen LogP contribution >= 0.6 is 12.4 Å². The number of sulfonamides is 1. The Morgan fingerprint density at radius 2 is 2.21 bits per heavy atom. The normalized spacial score (nSPS) is 23.1. The standard InChI is InChI=1S/C8H16N2O2S.ClH/c1-2-3-6-13(11,12)10-5-4-8(9)7-10;/h2,8H,1,3-7,9H2;1H/t8-;/m0./s1. The quantitative estimate of drug-likeness (QED) is 0.722. The lowest BCUT2D eigenvalue weighted by Crippen LogP contribution is -2.33. The maximum absolute atomic E-state index is 11.6. The molecule has 0 spiro atoms. The van der Waals surface area contributed by atoms with Crippen LogP contribution in [0.25, 0.3) is 0 Å². The average Bonchev–Trinajstić information content (AvgIpc) is 2.49. The molecule has 1 fully saturated rings. The monoisotopic (exact) mass is 240 g/mol. The zero-order chi connectivity index (χ0) is 9.90. The summed E-state index contributed by atoms with van der Waals surface area (Å²) >= 11 is 0. The van der Waals surface area contributed by atoms with Gasteiger partial charge in [-0.25, -0.2) is 12.7 Å². The van der Waals surface area contributed by atoms with Crippen molar-refractivity contribution in [1.82, 2.24) is 4.31 Å². The minimum atomic E-state index is -3.07. The summed E-state index contributed by atoms with van der Waals surface area (Å²) in [6.45, 7) is 4.54. The Bertz CT molecular complexity index is 279. The molecule has 1 rings (SSSR count). The summed E-state index contributed by atoms with van der Waals surface area (Å²) in [6, 6.07) is 0.0125. The second-order valence-corrected chi connectivity index (χ2v) is 5.39. The molecule has 0 unspecified atom stereocenters. The van der Waals surface area contributed by atoms with E-state index in [-0.39, 0.29) is 24.2 Å². The van der Waals surface area contributed by atoms with Crippen molar-refractivity contribution in [1.29, 1.82) is 0 Å². The number of nitrogens with zero attached hydrogens (tertiary/aromatic N) is 1. The molecule has 14 heavy (non-hydrogen) atoms. The van der Waals surface area contributed by atoms with Gasteiger partial charge in [-0.05, 0) is 12.8 Å². The summed E-state index contributed by atoms with van der Waals surface area (Å²) < 4.78 is 24.6. The van der Waals surface area contributed by atoms with E-state index in [0.29, 0.717) is 19.5 Å². The first-order chi connectivity index (χ1) is 6.06. The summed E-state index contributed by atoms with van der Waals surface area (Å²) in [4.78, 5) is 0. The Morgan fingerprint density at radius 3 is 2.64 bits per heavy atom. The van der Waals surface area contributed by atoms with Gasteiger partial charge in [-0.1, -0.05) is 6.08 Å². The molecule has 84 valence electrons. The van der Waals surface area contributed by atoms with Crippen LogP contribution in [0.2, 0.25) is 0 Å². The molecule has 2 N–H and O–H groups in total. The number of rotatable bonds is 4. The van der Waals surface area contributed by atoms with Crippen molar-refractivity contribution in [2.75, 3.05) is 18.8 Å². The van der Waals surface area contributed by atoms with Gasteiger partial charge >= 0.3 is 0 Å². The average molecular weight is 241 g/mol. The molecule has 0 bridgehead atoms. The summed E-state index contributed by atoms with van der Waals surface area (Å²) in [5.41, 5.74) is 5.62. The van der Waals surface area contributed by atoms with Crippen LogP contribution in [0.1, 0.15) is 12.8 Å². The molecule has 4 nitrogen and oxygen atoms in total. The Balaban J connectivity index is 0.00000169. The molecule has 1 atom stereocenters. The molecule has 0 aromatic carbocycles. The van der Waals surface area contributed by atoms with Crippen LogP contribution in [-0.2, 0) is 10.0 Å². The third kappa shape index (κ3) is 3.57. The van der Waals surface area contributed by atoms with Gasteiger partial charge in [0.15, 0.2) is 0 Å². The molecular weight excluding hydrogens is 224 g/mol. The van der Waals surface area contributed by atoms with Gasteiger partial charge in [0.1, 0.15) is 0 Å². The highest BCUT2D eigenvalue weighted by Crippen LogP contribution is 2.13. The fraction of sp³-hybridized carbons (Fsp3) is 0.750. The number of hydrogen-bond acceptors (Lipinski definition) is 3. The van der Waals surface area contributed by atoms with Crippen LogP contribution in [0.3, 0.4) is 0 Å². The van der Waals surface area contributed by atoms with E-state index in [2.05, 4.69) is 6.58 Å². The highest BCUT2D eigenvalue weighted by atomic mass is 35.5. The fourth-order valence-electron chi connectivity index (χ4n) is 1.37. The molecule has 0 amide bonds. The predicted octanol–water partition coefficient (Wildman–Crippen LogP) is 0.347.